The number of carboxylic acids is 1. The van der Waals surface area contributed by atoms with Crippen LogP contribution in [0.4, 0.5) is 5.82 Å². The third-order valence-corrected chi connectivity index (χ3v) is 7.64. The lowest BCUT2D eigenvalue weighted by atomic mass is 10.2. The average molecular weight is 486 g/mol. The molecule has 0 aliphatic carbocycles. The van der Waals surface area contributed by atoms with Crippen LogP contribution >= 0.6 is 21.6 Å². The highest BCUT2D eigenvalue weighted by molar-refractivity contribution is 8.76. The van der Waals surface area contributed by atoms with Crippen LogP contribution in [0.5, 0.6) is 11.5 Å². The molecular weight excluding hydrogens is 466 g/mol. The quantitative estimate of drug-likeness (QED) is 0.255. The predicted molar refractivity (Wildman–Crippen MR) is 117 cm³/mol. The molecule has 0 radical (unpaired) electrons. The van der Waals surface area contributed by atoms with Gasteiger partial charge in [-0.15, -0.1) is 0 Å². The lowest BCUT2D eigenvalue weighted by molar-refractivity contribution is -0.137. The zero-order valence-corrected chi connectivity index (χ0v) is 18.5. The summed E-state index contributed by atoms with van der Waals surface area (Å²) in [5.74, 6) is -0.170. The number of Topliss-reactive ketones (excluding diaryl/α,β-unsaturated/α-hetero) is 1. The van der Waals surface area contributed by atoms with E-state index in [0.717, 1.165) is 0 Å². The van der Waals surface area contributed by atoms with Gasteiger partial charge in [0.15, 0.2) is 17.3 Å². The summed E-state index contributed by atoms with van der Waals surface area (Å²) in [6.45, 7) is 0.740. The molecular formula is C18H19N3O7S3. The number of pyridine rings is 1. The second-order valence-electron chi connectivity index (χ2n) is 6.26. The van der Waals surface area contributed by atoms with Gasteiger partial charge in [-0.25, -0.2) is 13.4 Å². The maximum Gasteiger partial charge on any atom is 0.321 e. The van der Waals surface area contributed by atoms with E-state index in [9.17, 15) is 18.0 Å². The van der Waals surface area contributed by atoms with Crippen LogP contribution in [0.15, 0.2) is 41.4 Å². The molecule has 4 N–H and O–H groups in total. The van der Waals surface area contributed by atoms with E-state index in [-0.39, 0.29) is 28.0 Å². The molecule has 3 rings (SSSR count). The number of carbonyl (C=O) groups is 2. The number of sulfonamides is 1. The zero-order valence-electron chi connectivity index (χ0n) is 16.0. The number of nitrogens with two attached hydrogens (primary N) is 1. The number of ketones is 1. The van der Waals surface area contributed by atoms with E-state index in [0.29, 0.717) is 30.3 Å². The van der Waals surface area contributed by atoms with Gasteiger partial charge in [0, 0.05) is 23.6 Å². The second-order valence-corrected chi connectivity index (χ2v) is 10.4. The van der Waals surface area contributed by atoms with Crippen LogP contribution in [0.2, 0.25) is 0 Å². The number of nitrogens with zero attached hydrogens (tertiary/aromatic N) is 1. The van der Waals surface area contributed by atoms with Crippen LogP contribution < -0.4 is 19.9 Å². The topological polar surface area (TPSA) is 158 Å². The fraction of sp³-hybridized carbons (Fsp3) is 0.278. The molecule has 1 atom stereocenters. The van der Waals surface area contributed by atoms with E-state index in [1.54, 1.807) is 0 Å². The average Bonchev–Trinajstić information content (AvgIpc) is 2.76. The highest BCUT2D eigenvalue weighted by Crippen LogP contribution is 2.32. The predicted octanol–water partition coefficient (Wildman–Crippen LogP) is 1.63. The highest BCUT2D eigenvalue weighted by Gasteiger charge is 2.20. The van der Waals surface area contributed by atoms with Crippen molar-refractivity contribution in [3.63, 3.8) is 0 Å². The first-order valence-corrected chi connectivity index (χ1v) is 12.9. The van der Waals surface area contributed by atoms with Gasteiger partial charge in [-0.2, -0.15) is 0 Å². The van der Waals surface area contributed by atoms with Crippen LogP contribution in [-0.2, 0) is 14.8 Å². The number of benzene rings is 1. The first-order chi connectivity index (χ1) is 14.8. The lowest BCUT2D eigenvalue weighted by Crippen LogP contribution is -2.32. The van der Waals surface area contributed by atoms with Crippen molar-refractivity contribution < 1.29 is 32.6 Å². The Kier molecular flexibility index (Phi) is 7.64. The molecule has 1 aliphatic heterocycles. The molecule has 0 spiro atoms. The number of carbonyl (C=O) groups excluding carboxylic acids is 1. The van der Waals surface area contributed by atoms with Crippen molar-refractivity contribution >= 4 is 49.2 Å². The molecule has 31 heavy (non-hydrogen) atoms. The molecule has 1 aromatic carbocycles. The first-order valence-electron chi connectivity index (χ1n) is 8.91. The Morgan fingerprint density at radius 1 is 1.16 bits per heavy atom. The maximum absolute atomic E-state index is 12.6. The molecule has 166 valence electrons. The zero-order chi connectivity index (χ0) is 22.4. The van der Waals surface area contributed by atoms with Gasteiger partial charge < -0.3 is 20.3 Å². The number of hydrogen-bond acceptors (Lipinski definition) is 10. The molecule has 1 aliphatic rings. The molecule has 0 saturated carbocycles. The summed E-state index contributed by atoms with van der Waals surface area (Å²) in [5.41, 5.74) is 5.69. The van der Waals surface area contributed by atoms with Crippen molar-refractivity contribution in [2.75, 3.05) is 29.4 Å². The maximum atomic E-state index is 12.6. The minimum absolute atomic E-state index is 0.00769. The Bertz CT molecular complexity index is 1060. The normalized spacial score (nSPS) is 14.0. The first kappa shape index (κ1) is 23.2. The van der Waals surface area contributed by atoms with E-state index < -0.39 is 22.0 Å². The minimum Gasteiger partial charge on any atom is -0.486 e. The summed E-state index contributed by atoms with van der Waals surface area (Å²) >= 11 is 0. The Morgan fingerprint density at radius 2 is 1.90 bits per heavy atom. The van der Waals surface area contributed by atoms with Gasteiger partial charge in [0.25, 0.3) is 10.0 Å². The van der Waals surface area contributed by atoms with E-state index in [4.69, 9.17) is 20.3 Å². The van der Waals surface area contributed by atoms with Crippen LogP contribution in [0.3, 0.4) is 0 Å². The number of carboxylic acid groups (broad SMARTS) is 1. The van der Waals surface area contributed by atoms with Gasteiger partial charge in [-0.3, -0.25) is 14.3 Å². The van der Waals surface area contributed by atoms with Gasteiger partial charge in [0.05, 0.1) is 10.6 Å². The monoisotopic (exact) mass is 485 g/mol. The molecule has 0 saturated heterocycles. The molecule has 2 heterocycles. The van der Waals surface area contributed by atoms with E-state index >= 15 is 0 Å². The number of fused-ring (bicyclic) bond motifs is 1. The summed E-state index contributed by atoms with van der Waals surface area (Å²) < 4.78 is 38.4. The molecule has 13 heteroatoms. The number of aliphatic carboxylic acids is 1. The van der Waals surface area contributed by atoms with Crippen molar-refractivity contribution in [3.8, 4) is 11.5 Å². The number of anilines is 1. The van der Waals surface area contributed by atoms with Crippen molar-refractivity contribution in [1.29, 1.82) is 0 Å². The smallest absolute Gasteiger partial charge is 0.321 e. The lowest BCUT2D eigenvalue weighted by Gasteiger charge is -2.19. The van der Waals surface area contributed by atoms with E-state index in [2.05, 4.69) is 9.71 Å². The summed E-state index contributed by atoms with van der Waals surface area (Å²) in [6.07, 6.45) is 1.28. The van der Waals surface area contributed by atoms with Gasteiger partial charge >= 0.3 is 5.97 Å². The summed E-state index contributed by atoms with van der Waals surface area (Å²) in [6, 6.07) is 6.16. The largest absolute Gasteiger partial charge is 0.486 e. The van der Waals surface area contributed by atoms with Crippen LogP contribution in [0, 0.1) is 0 Å². The summed E-state index contributed by atoms with van der Waals surface area (Å²) in [7, 11) is -1.54. The SMILES string of the molecule is NC(CSSCC(=O)c1ccc(NS(=O)(=O)c2ccc3c(c2)OCCO3)nc1)C(=O)O. The fourth-order valence-corrected chi connectivity index (χ4v) is 5.44. The molecule has 2 aromatic rings. The van der Waals surface area contributed by atoms with E-state index in [1.165, 1.54) is 58.1 Å². The molecule has 0 fully saturated rings. The van der Waals surface area contributed by atoms with Crippen molar-refractivity contribution in [2.45, 2.75) is 10.9 Å². The van der Waals surface area contributed by atoms with E-state index in [1.807, 2.05) is 0 Å². The van der Waals surface area contributed by atoms with Crippen molar-refractivity contribution in [3.05, 3.63) is 42.1 Å². The van der Waals surface area contributed by atoms with Gasteiger partial charge in [0.2, 0.25) is 0 Å². The Labute approximate surface area is 186 Å². The number of rotatable bonds is 10. The highest BCUT2D eigenvalue weighted by atomic mass is 33.1. The number of ether oxygens (including phenoxy) is 2. The molecule has 1 aromatic heterocycles. The molecule has 0 amide bonds. The fourth-order valence-electron chi connectivity index (χ4n) is 2.38. The Morgan fingerprint density at radius 3 is 2.58 bits per heavy atom. The van der Waals surface area contributed by atoms with Gasteiger partial charge in [-0.1, -0.05) is 21.6 Å². The molecule has 0 bridgehead atoms. The Hall–Kier alpha value is -2.48. The third kappa shape index (κ3) is 6.26. The van der Waals surface area contributed by atoms with Crippen molar-refractivity contribution in [1.82, 2.24) is 4.98 Å². The van der Waals surface area contributed by atoms with Gasteiger partial charge in [0.1, 0.15) is 25.1 Å². The minimum atomic E-state index is -3.91. The third-order valence-electron chi connectivity index (χ3n) is 3.99. The second kappa shape index (κ2) is 10.2. The number of nitrogens with one attached hydrogen (secondary N) is 1. The van der Waals surface area contributed by atoms with Crippen molar-refractivity contribution in [2.24, 2.45) is 5.73 Å². The molecule has 1 unspecified atom stereocenters. The van der Waals surface area contributed by atoms with Crippen LogP contribution in [-0.4, -0.2) is 61.0 Å². The van der Waals surface area contributed by atoms with Crippen LogP contribution in [0.1, 0.15) is 10.4 Å². The Balaban J connectivity index is 1.57. The number of hydrogen-bond donors (Lipinski definition) is 3. The summed E-state index contributed by atoms with van der Waals surface area (Å²) in [5, 5.41) is 8.72. The standard InChI is InChI=1S/C18H19N3O7S3/c19-13(18(23)24)9-29-30-10-14(22)11-1-4-17(20-8-11)21-31(25,26)12-2-3-15-16(7-12)28-6-5-27-15/h1-4,7-8,13H,5-6,9-10,19H2,(H,20,21)(H,23,24). The molecule has 10 nitrogen and oxygen atoms in total. The van der Waals surface area contributed by atoms with Crippen LogP contribution in [0.25, 0.3) is 0 Å². The number of aromatic nitrogens is 1. The summed E-state index contributed by atoms with van der Waals surface area (Å²) in [4.78, 5) is 26.8. The van der Waals surface area contributed by atoms with Gasteiger partial charge in [-0.05, 0) is 24.3 Å².